The third-order valence-corrected chi connectivity index (χ3v) is 4.83. The molecule has 0 amide bonds. The van der Waals surface area contributed by atoms with Gasteiger partial charge in [-0.05, 0) is 39.0 Å². The lowest BCUT2D eigenvalue weighted by molar-refractivity contribution is 0.375. The average Bonchev–Trinajstić information content (AvgIpc) is 3.04. The summed E-state index contributed by atoms with van der Waals surface area (Å²) in [4.78, 5) is 0. The zero-order valence-electron chi connectivity index (χ0n) is 12.4. The van der Waals surface area contributed by atoms with Crippen LogP contribution >= 0.6 is 11.6 Å². The molecule has 0 saturated heterocycles. The van der Waals surface area contributed by atoms with E-state index in [9.17, 15) is 0 Å². The summed E-state index contributed by atoms with van der Waals surface area (Å²) in [5.41, 5.74) is 2.17. The van der Waals surface area contributed by atoms with Crippen molar-refractivity contribution in [1.82, 2.24) is 15.1 Å². The predicted molar refractivity (Wildman–Crippen MR) is 80.5 cm³/mol. The molecule has 0 bridgehead atoms. The number of rotatable bonds is 6. The fraction of sp³-hybridized carbons (Fsp3) is 0.800. The van der Waals surface area contributed by atoms with Crippen molar-refractivity contribution in [2.24, 2.45) is 5.92 Å². The molecule has 1 fully saturated rings. The van der Waals surface area contributed by atoms with Crippen LogP contribution < -0.4 is 5.32 Å². The second-order valence-corrected chi connectivity index (χ2v) is 5.97. The molecule has 1 N–H and O–H groups in total. The number of nitrogens with one attached hydrogen (secondary N) is 1. The topological polar surface area (TPSA) is 29.9 Å². The lowest BCUT2D eigenvalue weighted by atomic mass is 10.00. The first-order valence-electron chi connectivity index (χ1n) is 7.64. The summed E-state index contributed by atoms with van der Waals surface area (Å²) in [5, 5.41) is 9.07. The van der Waals surface area contributed by atoms with Gasteiger partial charge in [-0.25, -0.2) is 0 Å². The van der Waals surface area contributed by atoms with E-state index >= 15 is 0 Å². The quantitative estimate of drug-likeness (QED) is 0.861. The van der Waals surface area contributed by atoms with Crippen molar-refractivity contribution >= 4 is 11.6 Å². The molecule has 3 nitrogen and oxygen atoms in total. The van der Waals surface area contributed by atoms with Crippen LogP contribution in [0.15, 0.2) is 0 Å². The van der Waals surface area contributed by atoms with Crippen molar-refractivity contribution in [1.29, 1.82) is 0 Å². The number of hydrogen-bond acceptors (Lipinski definition) is 2. The second kappa shape index (κ2) is 6.76. The van der Waals surface area contributed by atoms with Crippen molar-refractivity contribution in [3.8, 4) is 0 Å². The molecule has 2 rings (SSSR count). The summed E-state index contributed by atoms with van der Waals surface area (Å²) >= 11 is 6.43. The Hall–Kier alpha value is -0.540. The van der Waals surface area contributed by atoms with Gasteiger partial charge in [-0.1, -0.05) is 31.4 Å². The van der Waals surface area contributed by atoms with Gasteiger partial charge in [0.25, 0.3) is 0 Å². The Kier molecular flexibility index (Phi) is 5.28. The highest BCUT2D eigenvalue weighted by Gasteiger charge is 2.22. The number of halogens is 1. The Morgan fingerprint density at radius 3 is 2.63 bits per heavy atom. The number of aryl methyl sites for hydroxylation is 2. The van der Waals surface area contributed by atoms with E-state index in [4.69, 9.17) is 11.6 Å². The molecule has 1 heterocycles. The van der Waals surface area contributed by atoms with Crippen LogP contribution in [0.3, 0.4) is 0 Å². The van der Waals surface area contributed by atoms with Crippen LogP contribution in [0, 0.1) is 5.92 Å². The number of nitrogens with zero attached hydrogens (tertiary/aromatic N) is 2. The van der Waals surface area contributed by atoms with Crippen molar-refractivity contribution in [3.63, 3.8) is 0 Å². The molecule has 1 unspecified atom stereocenters. The third-order valence-electron chi connectivity index (χ3n) is 4.39. The molecular weight excluding hydrogens is 258 g/mol. The normalized spacial score (nSPS) is 18.1. The van der Waals surface area contributed by atoms with Gasteiger partial charge in [0, 0.05) is 19.1 Å². The Balaban J connectivity index is 1.99. The zero-order chi connectivity index (χ0) is 13.8. The van der Waals surface area contributed by atoms with Gasteiger partial charge >= 0.3 is 0 Å². The zero-order valence-corrected chi connectivity index (χ0v) is 13.1. The molecule has 19 heavy (non-hydrogen) atoms. The minimum Gasteiger partial charge on any atom is -0.308 e. The van der Waals surface area contributed by atoms with Crippen molar-refractivity contribution in [3.05, 3.63) is 16.4 Å². The van der Waals surface area contributed by atoms with E-state index in [1.165, 1.54) is 25.7 Å². The van der Waals surface area contributed by atoms with Gasteiger partial charge in [0.2, 0.25) is 0 Å². The Morgan fingerprint density at radius 2 is 2.05 bits per heavy atom. The fourth-order valence-corrected chi connectivity index (χ4v) is 3.40. The average molecular weight is 284 g/mol. The summed E-state index contributed by atoms with van der Waals surface area (Å²) in [5.74, 6) is 0.836. The van der Waals surface area contributed by atoms with Crippen LogP contribution in [0.4, 0.5) is 0 Å². The highest BCUT2D eigenvalue weighted by atomic mass is 35.5. The van der Waals surface area contributed by atoms with Crippen LogP contribution in [0.5, 0.6) is 0 Å². The fourth-order valence-electron chi connectivity index (χ4n) is 3.07. The molecule has 1 aliphatic rings. The maximum absolute atomic E-state index is 6.43. The summed E-state index contributed by atoms with van der Waals surface area (Å²) < 4.78 is 2.04. The molecule has 1 aromatic heterocycles. The van der Waals surface area contributed by atoms with Crippen molar-refractivity contribution in [2.75, 3.05) is 0 Å². The minimum atomic E-state index is 0.573. The Morgan fingerprint density at radius 1 is 1.37 bits per heavy atom. The molecule has 4 heteroatoms. The molecule has 0 aromatic carbocycles. The van der Waals surface area contributed by atoms with Gasteiger partial charge in [0.15, 0.2) is 0 Å². The number of aromatic nitrogens is 2. The van der Waals surface area contributed by atoms with E-state index in [0.717, 1.165) is 41.8 Å². The smallest absolute Gasteiger partial charge is 0.0863 e. The molecule has 0 aliphatic heterocycles. The molecule has 1 aromatic rings. The summed E-state index contributed by atoms with van der Waals surface area (Å²) in [6, 6.07) is 0.573. The Bertz CT molecular complexity index is 408. The highest BCUT2D eigenvalue weighted by Crippen LogP contribution is 2.28. The van der Waals surface area contributed by atoms with Crippen LogP contribution in [0.25, 0.3) is 0 Å². The van der Waals surface area contributed by atoms with Gasteiger partial charge < -0.3 is 5.32 Å². The van der Waals surface area contributed by atoms with Gasteiger partial charge in [0.05, 0.1) is 16.4 Å². The first kappa shape index (κ1) is 14.9. The first-order chi connectivity index (χ1) is 9.17. The molecule has 0 radical (unpaired) electrons. The van der Waals surface area contributed by atoms with E-state index < -0.39 is 0 Å². The predicted octanol–water partition coefficient (Wildman–Crippen LogP) is 3.79. The monoisotopic (exact) mass is 283 g/mol. The van der Waals surface area contributed by atoms with Crippen molar-refractivity contribution < 1.29 is 0 Å². The van der Waals surface area contributed by atoms with E-state index in [2.05, 4.69) is 31.2 Å². The van der Waals surface area contributed by atoms with Gasteiger partial charge in [-0.3, -0.25) is 4.68 Å². The summed E-state index contributed by atoms with van der Waals surface area (Å²) in [6.45, 7) is 8.24. The minimum absolute atomic E-state index is 0.573. The van der Waals surface area contributed by atoms with Crippen LogP contribution in [-0.4, -0.2) is 15.8 Å². The Labute approximate surface area is 121 Å². The van der Waals surface area contributed by atoms with E-state index in [-0.39, 0.29) is 0 Å². The van der Waals surface area contributed by atoms with Gasteiger partial charge in [0.1, 0.15) is 0 Å². The lowest BCUT2D eigenvalue weighted by Crippen LogP contribution is -2.32. The summed E-state index contributed by atoms with van der Waals surface area (Å²) in [6.07, 6.45) is 6.43. The molecule has 0 spiro atoms. The van der Waals surface area contributed by atoms with E-state index in [1.807, 2.05) is 4.68 Å². The summed E-state index contributed by atoms with van der Waals surface area (Å²) in [7, 11) is 0. The van der Waals surface area contributed by atoms with Crippen LogP contribution in [0.2, 0.25) is 5.02 Å². The number of hydrogen-bond donors (Lipinski definition) is 1. The molecule has 1 atom stereocenters. The maximum Gasteiger partial charge on any atom is 0.0863 e. The lowest BCUT2D eigenvalue weighted by Gasteiger charge is -2.20. The van der Waals surface area contributed by atoms with Crippen LogP contribution in [0.1, 0.15) is 57.8 Å². The molecule has 1 saturated carbocycles. The third kappa shape index (κ3) is 3.32. The molecule has 108 valence electrons. The largest absolute Gasteiger partial charge is 0.308 e. The SMILES string of the molecule is CCc1nn(CC)c(CNC(C)C2CCCC2)c1Cl. The van der Waals surface area contributed by atoms with E-state index in [1.54, 1.807) is 0 Å². The second-order valence-electron chi connectivity index (χ2n) is 5.59. The first-order valence-corrected chi connectivity index (χ1v) is 8.02. The molecular formula is C15H26ClN3. The standard InChI is InChI=1S/C15H26ClN3/c1-4-13-15(16)14(19(5-2)18-13)10-17-11(3)12-8-6-7-9-12/h11-12,17H,4-10H2,1-3H3. The molecule has 1 aliphatic carbocycles. The van der Waals surface area contributed by atoms with E-state index in [0.29, 0.717) is 6.04 Å². The van der Waals surface area contributed by atoms with Gasteiger partial charge in [-0.15, -0.1) is 0 Å². The van der Waals surface area contributed by atoms with Crippen molar-refractivity contribution in [2.45, 2.75) is 72.0 Å². The highest BCUT2D eigenvalue weighted by molar-refractivity contribution is 6.31. The van der Waals surface area contributed by atoms with Gasteiger partial charge in [-0.2, -0.15) is 5.10 Å². The van der Waals surface area contributed by atoms with Crippen LogP contribution in [-0.2, 0) is 19.5 Å². The maximum atomic E-state index is 6.43.